The van der Waals surface area contributed by atoms with Gasteiger partial charge in [0.15, 0.2) is 0 Å². The normalized spacial score (nSPS) is 10.8. The molecule has 0 unspecified atom stereocenters. The number of carbonyl (C=O) groups is 1. The largest absolute Gasteiger partial charge is 0.462 e. The maximum absolute atomic E-state index is 11.8. The maximum Gasteiger partial charge on any atom is 0.340 e. The SMILES string of the molecule is CCOC(=O)c1c(C)[nH]c(I)c1C(C)C. The first-order valence-electron chi connectivity index (χ1n) is 5.04. The van der Waals surface area contributed by atoms with Crippen molar-refractivity contribution in [1.82, 2.24) is 4.98 Å². The molecule has 1 aromatic rings. The Bertz CT molecular complexity index is 369. The first-order valence-corrected chi connectivity index (χ1v) is 6.12. The van der Waals surface area contributed by atoms with Gasteiger partial charge in [-0.15, -0.1) is 0 Å². The van der Waals surface area contributed by atoms with Crippen LogP contribution in [0.5, 0.6) is 0 Å². The van der Waals surface area contributed by atoms with E-state index in [1.807, 2.05) is 13.8 Å². The predicted octanol–water partition coefficient (Wildman–Crippen LogP) is 3.23. The molecule has 1 heterocycles. The van der Waals surface area contributed by atoms with Gasteiger partial charge in [0, 0.05) is 11.3 Å². The molecular weight excluding hydrogens is 305 g/mol. The van der Waals surface area contributed by atoms with E-state index in [4.69, 9.17) is 4.74 Å². The van der Waals surface area contributed by atoms with E-state index in [-0.39, 0.29) is 5.97 Å². The summed E-state index contributed by atoms with van der Waals surface area (Å²) in [7, 11) is 0. The Morgan fingerprint density at radius 2 is 2.13 bits per heavy atom. The fourth-order valence-electron chi connectivity index (χ4n) is 1.61. The molecule has 1 aromatic heterocycles. The monoisotopic (exact) mass is 321 g/mol. The zero-order chi connectivity index (χ0) is 11.6. The van der Waals surface area contributed by atoms with Crippen LogP contribution in [-0.4, -0.2) is 17.6 Å². The zero-order valence-corrected chi connectivity index (χ0v) is 11.6. The minimum atomic E-state index is -0.224. The number of aryl methyl sites for hydroxylation is 1. The van der Waals surface area contributed by atoms with Crippen LogP contribution in [0.4, 0.5) is 0 Å². The third-order valence-electron chi connectivity index (χ3n) is 2.23. The van der Waals surface area contributed by atoms with Crippen molar-refractivity contribution in [3.8, 4) is 0 Å². The highest BCUT2D eigenvalue weighted by molar-refractivity contribution is 14.1. The van der Waals surface area contributed by atoms with E-state index in [2.05, 4.69) is 41.4 Å². The van der Waals surface area contributed by atoms with Crippen molar-refractivity contribution in [2.45, 2.75) is 33.6 Å². The van der Waals surface area contributed by atoms with E-state index in [0.29, 0.717) is 18.1 Å². The van der Waals surface area contributed by atoms with Crippen molar-refractivity contribution in [3.05, 3.63) is 20.5 Å². The number of carbonyl (C=O) groups excluding carboxylic acids is 1. The van der Waals surface area contributed by atoms with E-state index in [1.165, 1.54) is 0 Å². The van der Waals surface area contributed by atoms with Gasteiger partial charge < -0.3 is 9.72 Å². The van der Waals surface area contributed by atoms with Gasteiger partial charge in [0.25, 0.3) is 0 Å². The van der Waals surface area contributed by atoms with Gasteiger partial charge in [-0.2, -0.15) is 0 Å². The quantitative estimate of drug-likeness (QED) is 0.686. The van der Waals surface area contributed by atoms with Crippen molar-refractivity contribution in [3.63, 3.8) is 0 Å². The van der Waals surface area contributed by atoms with Crippen molar-refractivity contribution in [1.29, 1.82) is 0 Å². The lowest BCUT2D eigenvalue weighted by Gasteiger charge is -2.08. The summed E-state index contributed by atoms with van der Waals surface area (Å²) in [5.74, 6) is 0.0964. The summed E-state index contributed by atoms with van der Waals surface area (Å²) < 4.78 is 6.08. The Kier molecular flexibility index (Phi) is 4.19. The Morgan fingerprint density at radius 3 is 2.60 bits per heavy atom. The average Bonchev–Trinajstić information content (AvgIpc) is 2.41. The van der Waals surface area contributed by atoms with E-state index in [1.54, 1.807) is 0 Å². The second-order valence-electron chi connectivity index (χ2n) is 3.73. The molecule has 84 valence electrons. The Morgan fingerprint density at radius 1 is 1.53 bits per heavy atom. The number of aromatic nitrogens is 1. The summed E-state index contributed by atoms with van der Waals surface area (Å²) >= 11 is 2.22. The highest BCUT2D eigenvalue weighted by Crippen LogP contribution is 2.28. The lowest BCUT2D eigenvalue weighted by atomic mass is 10.0. The molecule has 4 heteroatoms. The molecule has 0 bridgehead atoms. The minimum Gasteiger partial charge on any atom is -0.462 e. The van der Waals surface area contributed by atoms with Crippen LogP contribution in [0.2, 0.25) is 0 Å². The molecule has 0 saturated heterocycles. The van der Waals surface area contributed by atoms with Gasteiger partial charge >= 0.3 is 5.97 Å². The highest BCUT2D eigenvalue weighted by atomic mass is 127. The van der Waals surface area contributed by atoms with E-state index >= 15 is 0 Å². The molecule has 1 rings (SSSR count). The van der Waals surface area contributed by atoms with Gasteiger partial charge in [0.1, 0.15) is 0 Å². The number of rotatable bonds is 3. The fraction of sp³-hybridized carbons (Fsp3) is 0.545. The van der Waals surface area contributed by atoms with Crippen molar-refractivity contribution in [2.75, 3.05) is 6.61 Å². The van der Waals surface area contributed by atoms with Gasteiger partial charge in [-0.3, -0.25) is 0 Å². The molecule has 0 radical (unpaired) electrons. The molecule has 0 aromatic carbocycles. The number of halogens is 1. The molecule has 0 aliphatic heterocycles. The summed E-state index contributed by atoms with van der Waals surface area (Å²) in [6, 6.07) is 0. The molecule has 0 amide bonds. The average molecular weight is 321 g/mol. The van der Waals surface area contributed by atoms with Crippen LogP contribution in [0, 0.1) is 10.6 Å². The summed E-state index contributed by atoms with van der Waals surface area (Å²) in [4.78, 5) is 14.9. The van der Waals surface area contributed by atoms with Gasteiger partial charge in [-0.1, -0.05) is 13.8 Å². The maximum atomic E-state index is 11.8. The second-order valence-corrected chi connectivity index (χ2v) is 4.81. The topological polar surface area (TPSA) is 42.1 Å². The molecule has 0 fully saturated rings. The summed E-state index contributed by atoms with van der Waals surface area (Å²) in [6.45, 7) is 8.29. The number of ether oxygens (including phenoxy) is 1. The highest BCUT2D eigenvalue weighted by Gasteiger charge is 2.22. The number of nitrogens with one attached hydrogen (secondary N) is 1. The number of esters is 1. The smallest absolute Gasteiger partial charge is 0.340 e. The first-order chi connectivity index (χ1) is 6.99. The minimum absolute atomic E-state index is 0.224. The van der Waals surface area contributed by atoms with Crippen LogP contribution in [0.3, 0.4) is 0 Å². The third kappa shape index (κ3) is 2.53. The predicted molar refractivity (Wildman–Crippen MR) is 68.3 cm³/mol. The molecule has 3 nitrogen and oxygen atoms in total. The Hall–Kier alpha value is -0.520. The molecule has 15 heavy (non-hydrogen) atoms. The molecule has 0 spiro atoms. The van der Waals surface area contributed by atoms with Crippen LogP contribution in [-0.2, 0) is 4.74 Å². The van der Waals surface area contributed by atoms with Crippen molar-refractivity contribution >= 4 is 28.6 Å². The van der Waals surface area contributed by atoms with Crippen LogP contribution in [0.25, 0.3) is 0 Å². The fourth-order valence-corrected chi connectivity index (χ4v) is 2.91. The number of hydrogen-bond donors (Lipinski definition) is 1. The van der Waals surface area contributed by atoms with Gasteiger partial charge in [0.2, 0.25) is 0 Å². The van der Waals surface area contributed by atoms with Crippen LogP contribution in [0.1, 0.15) is 48.3 Å². The van der Waals surface area contributed by atoms with E-state index in [9.17, 15) is 4.79 Å². The molecule has 0 atom stereocenters. The van der Waals surface area contributed by atoms with Crippen LogP contribution in [0.15, 0.2) is 0 Å². The van der Waals surface area contributed by atoms with Gasteiger partial charge in [-0.25, -0.2) is 4.79 Å². The Labute approximate surface area is 104 Å². The molecule has 0 saturated carbocycles. The van der Waals surface area contributed by atoms with Gasteiger partial charge in [0.05, 0.1) is 15.9 Å². The second kappa shape index (κ2) is 5.01. The van der Waals surface area contributed by atoms with Gasteiger partial charge in [-0.05, 0) is 42.4 Å². The number of aromatic amines is 1. The van der Waals surface area contributed by atoms with Crippen molar-refractivity contribution in [2.24, 2.45) is 0 Å². The third-order valence-corrected chi connectivity index (χ3v) is 3.09. The summed E-state index contributed by atoms with van der Waals surface area (Å²) in [6.07, 6.45) is 0. The lowest BCUT2D eigenvalue weighted by Crippen LogP contribution is -2.08. The van der Waals surface area contributed by atoms with E-state index in [0.717, 1.165) is 15.0 Å². The number of H-pyrrole nitrogens is 1. The summed E-state index contributed by atoms with van der Waals surface area (Å²) in [5.41, 5.74) is 2.66. The zero-order valence-electron chi connectivity index (χ0n) is 9.48. The molecular formula is C11H16INO2. The molecule has 1 N–H and O–H groups in total. The Balaban J connectivity index is 3.20. The lowest BCUT2D eigenvalue weighted by molar-refractivity contribution is 0.0524. The molecule has 0 aliphatic carbocycles. The standard InChI is InChI=1S/C11H16INO2/c1-5-15-11(14)9-7(4)13-10(12)8(9)6(2)3/h6,13H,5H2,1-4H3. The summed E-state index contributed by atoms with van der Waals surface area (Å²) in [5, 5.41) is 0. The van der Waals surface area contributed by atoms with Crippen molar-refractivity contribution < 1.29 is 9.53 Å². The van der Waals surface area contributed by atoms with Crippen LogP contribution < -0.4 is 0 Å². The number of hydrogen-bond acceptors (Lipinski definition) is 2. The van der Waals surface area contributed by atoms with E-state index < -0.39 is 0 Å². The first kappa shape index (κ1) is 12.5. The van der Waals surface area contributed by atoms with Crippen LogP contribution >= 0.6 is 22.6 Å². The molecule has 0 aliphatic rings.